The molecule has 23 heavy (non-hydrogen) atoms. The largest absolute Gasteiger partial charge is 0.273 e. The Hall–Kier alpha value is -0.820. The number of benzene rings is 1. The van der Waals surface area contributed by atoms with Crippen LogP contribution in [0.2, 0.25) is 15.1 Å². The summed E-state index contributed by atoms with van der Waals surface area (Å²) in [5.41, 5.74) is 3.45. The van der Waals surface area contributed by atoms with Crippen LogP contribution in [0.5, 0.6) is 0 Å². The molecule has 0 aliphatic carbocycles. The SMILES string of the molecule is C/C(=N/NC(=O)C[C@@H]1CCS(=O)(=O)C1)c1ccc(Cl)c(Cl)c1Cl. The summed E-state index contributed by atoms with van der Waals surface area (Å²) in [6.07, 6.45) is 0.641. The average Bonchev–Trinajstić information content (AvgIpc) is 2.81. The van der Waals surface area contributed by atoms with Crippen LogP contribution in [0.4, 0.5) is 0 Å². The first kappa shape index (κ1) is 18.5. The minimum Gasteiger partial charge on any atom is -0.273 e. The van der Waals surface area contributed by atoms with E-state index < -0.39 is 9.84 Å². The zero-order valence-corrected chi connectivity index (χ0v) is 15.4. The molecule has 0 aromatic heterocycles. The Morgan fingerprint density at radius 2 is 2.00 bits per heavy atom. The maximum Gasteiger partial charge on any atom is 0.240 e. The van der Waals surface area contributed by atoms with E-state index in [9.17, 15) is 13.2 Å². The molecule has 1 amide bonds. The van der Waals surface area contributed by atoms with Crippen molar-refractivity contribution < 1.29 is 13.2 Å². The molecular formula is C14H15Cl3N2O3S. The molecule has 2 rings (SSSR count). The van der Waals surface area contributed by atoms with Crippen molar-refractivity contribution in [2.45, 2.75) is 19.8 Å². The van der Waals surface area contributed by atoms with Gasteiger partial charge >= 0.3 is 0 Å². The van der Waals surface area contributed by atoms with E-state index in [1.165, 1.54) is 0 Å². The van der Waals surface area contributed by atoms with Crippen molar-refractivity contribution in [2.24, 2.45) is 11.0 Å². The highest BCUT2D eigenvalue weighted by Gasteiger charge is 2.29. The summed E-state index contributed by atoms with van der Waals surface area (Å²) in [5.74, 6) is -0.278. The van der Waals surface area contributed by atoms with Gasteiger partial charge < -0.3 is 0 Å². The van der Waals surface area contributed by atoms with Gasteiger partial charge in [-0.25, -0.2) is 13.8 Å². The van der Waals surface area contributed by atoms with Crippen molar-refractivity contribution in [3.8, 4) is 0 Å². The standard InChI is InChI=1S/C14H15Cl3N2O3S/c1-8(10-2-3-11(15)14(17)13(10)16)18-19-12(20)6-9-4-5-23(21,22)7-9/h2-3,9H,4-7H2,1H3,(H,19,20)/b18-8-/t9-/m0/s1. The molecule has 1 heterocycles. The van der Waals surface area contributed by atoms with E-state index in [0.717, 1.165) is 0 Å². The summed E-state index contributed by atoms with van der Waals surface area (Å²) in [6.45, 7) is 1.67. The molecular weight excluding hydrogens is 383 g/mol. The molecule has 1 aliphatic rings. The highest BCUT2D eigenvalue weighted by Crippen LogP contribution is 2.32. The second kappa shape index (κ2) is 7.38. The fourth-order valence-electron chi connectivity index (χ4n) is 2.35. The molecule has 1 saturated heterocycles. The van der Waals surface area contributed by atoms with E-state index in [0.29, 0.717) is 22.7 Å². The van der Waals surface area contributed by atoms with Gasteiger partial charge in [0.05, 0.1) is 32.3 Å². The van der Waals surface area contributed by atoms with E-state index >= 15 is 0 Å². The molecule has 0 radical (unpaired) electrons. The molecule has 1 aliphatic heterocycles. The minimum atomic E-state index is -2.99. The summed E-state index contributed by atoms with van der Waals surface area (Å²) < 4.78 is 22.7. The Kier molecular flexibility index (Phi) is 5.94. The van der Waals surface area contributed by atoms with Crippen molar-refractivity contribution in [3.63, 3.8) is 0 Å². The molecule has 0 bridgehead atoms. The third kappa shape index (κ3) is 4.83. The second-order valence-corrected chi connectivity index (χ2v) is 8.82. The molecule has 1 N–H and O–H groups in total. The van der Waals surface area contributed by atoms with Gasteiger partial charge in [-0.3, -0.25) is 4.79 Å². The van der Waals surface area contributed by atoms with Gasteiger partial charge in [-0.1, -0.05) is 40.9 Å². The molecule has 0 unspecified atom stereocenters. The summed E-state index contributed by atoms with van der Waals surface area (Å²) >= 11 is 17.9. The number of amides is 1. The quantitative estimate of drug-likeness (QED) is 0.481. The van der Waals surface area contributed by atoms with Gasteiger partial charge in [0.2, 0.25) is 5.91 Å². The first-order valence-corrected chi connectivity index (χ1v) is 9.82. The molecule has 1 fully saturated rings. The van der Waals surface area contributed by atoms with E-state index in [1.54, 1.807) is 19.1 Å². The van der Waals surface area contributed by atoms with Crippen LogP contribution in [0.25, 0.3) is 0 Å². The van der Waals surface area contributed by atoms with Crippen LogP contribution in [0.15, 0.2) is 17.2 Å². The number of halogens is 3. The number of rotatable bonds is 4. The third-order valence-electron chi connectivity index (χ3n) is 3.57. The van der Waals surface area contributed by atoms with Gasteiger partial charge in [-0.05, 0) is 25.3 Å². The number of carbonyl (C=O) groups excluding carboxylic acids is 1. The van der Waals surface area contributed by atoms with Gasteiger partial charge in [0, 0.05) is 12.0 Å². The van der Waals surface area contributed by atoms with Crippen LogP contribution >= 0.6 is 34.8 Å². The Morgan fingerprint density at radius 1 is 1.30 bits per heavy atom. The van der Waals surface area contributed by atoms with Crippen LogP contribution in [-0.4, -0.2) is 31.5 Å². The van der Waals surface area contributed by atoms with Crippen LogP contribution in [0.3, 0.4) is 0 Å². The summed E-state index contributed by atoms with van der Waals surface area (Å²) in [6, 6.07) is 3.25. The number of hydrogen-bond acceptors (Lipinski definition) is 4. The Bertz CT molecular complexity index is 763. The number of sulfone groups is 1. The summed E-state index contributed by atoms with van der Waals surface area (Å²) in [5, 5.41) is 4.80. The van der Waals surface area contributed by atoms with Crippen molar-refractivity contribution in [1.29, 1.82) is 0 Å². The molecule has 126 valence electrons. The van der Waals surface area contributed by atoms with Gasteiger partial charge in [-0.15, -0.1) is 0 Å². The molecule has 1 aromatic carbocycles. The van der Waals surface area contributed by atoms with Gasteiger partial charge in [0.15, 0.2) is 9.84 Å². The summed E-state index contributed by atoms with van der Waals surface area (Å²) in [4.78, 5) is 11.9. The lowest BCUT2D eigenvalue weighted by Gasteiger charge is -2.08. The average molecular weight is 398 g/mol. The normalized spacial score (nSPS) is 20.5. The van der Waals surface area contributed by atoms with Crippen molar-refractivity contribution in [1.82, 2.24) is 5.43 Å². The van der Waals surface area contributed by atoms with Gasteiger partial charge in [0.1, 0.15) is 0 Å². The Balaban J connectivity index is 2.00. The maximum absolute atomic E-state index is 11.9. The first-order valence-electron chi connectivity index (χ1n) is 6.87. The zero-order chi connectivity index (χ0) is 17.2. The fraction of sp³-hybridized carbons (Fsp3) is 0.429. The first-order chi connectivity index (χ1) is 10.7. The van der Waals surface area contributed by atoms with E-state index in [2.05, 4.69) is 10.5 Å². The van der Waals surface area contributed by atoms with Crippen LogP contribution < -0.4 is 5.43 Å². The molecule has 1 atom stereocenters. The minimum absolute atomic E-state index is 0.0573. The van der Waals surface area contributed by atoms with E-state index in [1.807, 2.05) is 0 Å². The van der Waals surface area contributed by atoms with Gasteiger partial charge in [0.25, 0.3) is 0 Å². The smallest absolute Gasteiger partial charge is 0.240 e. The maximum atomic E-state index is 11.9. The number of nitrogens with zero attached hydrogens (tertiary/aromatic N) is 1. The topological polar surface area (TPSA) is 75.6 Å². The van der Waals surface area contributed by atoms with E-state index in [-0.39, 0.29) is 39.8 Å². The monoisotopic (exact) mass is 396 g/mol. The lowest BCUT2D eigenvalue weighted by Crippen LogP contribution is -2.22. The fourth-order valence-corrected chi connectivity index (χ4v) is 4.89. The van der Waals surface area contributed by atoms with Crippen molar-refractivity contribution in [3.05, 3.63) is 32.8 Å². The second-order valence-electron chi connectivity index (χ2n) is 5.43. The van der Waals surface area contributed by atoms with E-state index in [4.69, 9.17) is 34.8 Å². The molecule has 5 nitrogen and oxygen atoms in total. The summed E-state index contributed by atoms with van der Waals surface area (Å²) in [7, 11) is -2.99. The van der Waals surface area contributed by atoms with Crippen LogP contribution in [-0.2, 0) is 14.6 Å². The molecule has 0 saturated carbocycles. The lowest BCUT2D eigenvalue weighted by molar-refractivity contribution is -0.121. The highest BCUT2D eigenvalue weighted by atomic mass is 35.5. The number of carbonyl (C=O) groups is 1. The lowest BCUT2D eigenvalue weighted by atomic mass is 10.1. The molecule has 0 spiro atoms. The predicted molar refractivity (Wildman–Crippen MR) is 93.2 cm³/mol. The predicted octanol–water partition coefficient (Wildman–Crippen LogP) is 3.31. The third-order valence-corrected chi connectivity index (χ3v) is 6.70. The Morgan fingerprint density at radius 3 is 2.61 bits per heavy atom. The van der Waals surface area contributed by atoms with Crippen molar-refractivity contribution >= 4 is 56.3 Å². The van der Waals surface area contributed by atoms with Crippen LogP contribution in [0.1, 0.15) is 25.3 Å². The molecule has 1 aromatic rings. The van der Waals surface area contributed by atoms with Gasteiger partial charge in [-0.2, -0.15) is 5.10 Å². The number of hydrazone groups is 1. The zero-order valence-electron chi connectivity index (χ0n) is 12.3. The molecule has 9 heteroatoms. The van der Waals surface area contributed by atoms with Crippen LogP contribution in [0, 0.1) is 5.92 Å². The highest BCUT2D eigenvalue weighted by molar-refractivity contribution is 7.91. The van der Waals surface area contributed by atoms with Crippen molar-refractivity contribution in [2.75, 3.05) is 11.5 Å². The number of hydrogen-bond donors (Lipinski definition) is 1. The Labute approximate surface area is 149 Å². The number of nitrogens with one attached hydrogen (secondary N) is 1.